The Morgan fingerprint density at radius 3 is 1.33 bits per heavy atom. The van der Waals surface area contributed by atoms with E-state index in [-0.39, 0.29) is 5.41 Å². The molecular formula is C67H51N5. The molecule has 0 spiro atoms. The van der Waals surface area contributed by atoms with Gasteiger partial charge in [0.05, 0.1) is 33.4 Å². The molecule has 344 valence electrons. The van der Waals surface area contributed by atoms with Crippen LogP contribution in [-0.2, 0) is 5.41 Å². The highest BCUT2D eigenvalue weighted by Gasteiger charge is 2.53. The minimum absolute atomic E-state index is 0.0502. The molecule has 9 aromatic carbocycles. The van der Waals surface area contributed by atoms with E-state index in [0.29, 0.717) is 0 Å². The number of rotatable bonds is 8. The third-order valence-electron chi connectivity index (χ3n) is 16.7. The lowest BCUT2D eigenvalue weighted by Crippen LogP contribution is -2.49. The van der Waals surface area contributed by atoms with E-state index in [1.807, 2.05) is 0 Å². The molecule has 3 heterocycles. The number of fused-ring (bicyclic) bond motifs is 6. The minimum Gasteiger partial charge on any atom is -0.309 e. The van der Waals surface area contributed by atoms with Gasteiger partial charge < -0.3 is 9.13 Å². The van der Waals surface area contributed by atoms with E-state index in [0.717, 1.165) is 99.2 Å². The topological polar surface area (TPSA) is 48.5 Å². The second-order valence-electron chi connectivity index (χ2n) is 21.0. The van der Waals surface area contributed by atoms with Crippen molar-refractivity contribution < 1.29 is 0 Å². The first kappa shape index (κ1) is 41.4. The van der Waals surface area contributed by atoms with Gasteiger partial charge in [0.1, 0.15) is 5.82 Å². The summed E-state index contributed by atoms with van der Waals surface area (Å²) < 4.78 is 4.92. The van der Waals surface area contributed by atoms with Gasteiger partial charge in [-0.15, -0.1) is 0 Å². The molecule has 0 radical (unpaired) electrons. The van der Waals surface area contributed by atoms with Gasteiger partial charge in [0.15, 0.2) is 11.6 Å². The predicted molar refractivity (Wildman–Crippen MR) is 296 cm³/mol. The Labute approximate surface area is 419 Å². The Morgan fingerprint density at radius 2 is 0.764 bits per heavy atom. The standard InChI is InChI=1S/C67H51N5/c1-4-16-46(17-5-1)49-28-31-61-55(37-49)56-38-50(47-18-6-2-7-19-47)29-32-62(56)72(61)63-33-30-51(52-22-10-13-25-58(52)71-59-26-14-11-23-53(59)54-24-12-15-27-60(54)71)39-57(63)65-68-64(48-20-8-3-9-21-48)69-66(70-65)67-40-43-34-44(41-67)36-45(35-43)42-67/h1-33,37-39,43-45H,34-36,40-42H2. The van der Waals surface area contributed by atoms with E-state index in [9.17, 15) is 0 Å². The fourth-order valence-electron chi connectivity index (χ4n) is 13.9. The number of benzene rings is 9. The van der Waals surface area contributed by atoms with Crippen LogP contribution in [0.5, 0.6) is 0 Å². The quantitative estimate of drug-likeness (QED) is 0.153. The molecule has 0 saturated heterocycles. The normalized spacial score (nSPS) is 19.2. The van der Waals surface area contributed by atoms with Crippen molar-refractivity contribution in [1.82, 2.24) is 24.1 Å². The van der Waals surface area contributed by atoms with Crippen LogP contribution in [0.25, 0.3) is 111 Å². The van der Waals surface area contributed by atoms with Crippen molar-refractivity contribution in [3.63, 3.8) is 0 Å². The van der Waals surface area contributed by atoms with Gasteiger partial charge in [-0.1, -0.05) is 164 Å². The van der Waals surface area contributed by atoms with Gasteiger partial charge in [-0.3, -0.25) is 0 Å². The molecule has 5 heteroatoms. The summed E-state index contributed by atoms with van der Waals surface area (Å²) in [6.07, 6.45) is 7.55. The summed E-state index contributed by atoms with van der Waals surface area (Å²) in [7, 11) is 0. The van der Waals surface area contributed by atoms with Crippen molar-refractivity contribution in [2.75, 3.05) is 0 Å². The zero-order valence-electron chi connectivity index (χ0n) is 40.0. The Morgan fingerprint density at radius 1 is 0.319 bits per heavy atom. The Bertz CT molecular complexity index is 3890. The SMILES string of the molecule is c1ccc(-c2ccc3c(c2)c2cc(-c4ccccc4)ccc2n3-c2ccc(-c3ccccc3-n3c4ccccc4c4ccccc43)cc2-c2nc(-c3ccccc3)nc(C34CC5CC(CC(C5)C3)C4)n2)cc1. The molecular weight excluding hydrogens is 875 g/mol. The lowest BCUT2D eigenvalue weighted by molar-refractivity contribution is -0.00938. The van der Waals surface area contributed by atoms with Crippen molar-refractivity contribution in [1.29, 1.82) is 0 Å². The van der Waals surface area contributed by atoms with Gasteiger partial charge in [-0.25, -0.2) is 15.0 Å². The van der Waals surface area contributed by atoms with Gasteiger partial charge in [-0.2, -0.15) is 0 Å². The molecule has 0 amide bonds. The largest absolute Gasteiger partial charge is 0.309 e. The van der Waals surface area contributed by atoms with E-state index < -0.39 is 0 Å². The number of aromatic nitrogens is 5. The lowest BCUT2D eigenvalue weighted by Gasteiger charge is -2.56. The van der Waals surface area contributed by atoms with Crippen LogP contribution in [0.15, 0.2) is 218 Å². The van der Waals surface area contributed by atoms with Crippen LogP contribution in [0.1, 0.15) is 44.3 Å². The van der Waals surface area contributed by atoms with Crippen LogP contribution < -0.4 is 0 Å². The molecule has 0 atom stereocenters. The summed E-state index contributed by atoms with van der Waals surface area (Å²) in [5.41, 5.74) is 15.7. The third-order valence-corrected chi connectivity index (χ3v) is 16.7. The Hall–Kier alpha value is -8.41. The maximum atomic E-state index is 5.81. The van der Waals surface area contributed by atoms with Crippen LogP contribution in [-0.4, -0.2) is 24.1 Å². The Kier molecular flexibility index (Phi) is 9.38. The summed E-state index contributed by atoms with van der Waals surface area (Å²) in [6.45, 7) is 0. The minimum atomic E-state index is -0.0502. The molecule has 0 unspecified atom stereocenters. The Balaban J connectivity index is 1.01. The van der Waals surface area contributed by atoms with Gasteiger partial charge in [0.2, 0.25) is 0 Å². The second-order valence-corrected chi connectivity index (χ2v) is 21.0. The average molecular weight is 926 g/mol. The maximum absolute atomic E-state index is 5.81. The molecule has 72 heavy (non-hydrogen) atoms. The summed E-state index contributed by atoms with van der Waals surface area (Å²) in [5, 5.41) is 4.88. The number of para-hydroxylation sites is 3. The highest BCUT2D eigenvalue weighted by atomic mass is 15.1. The summed E-state index contributed by atoms with van der Waals surface area (Å²) >= 11 is 0. The summed E-state index contributed by atoms with van der Waals surface area (Å²) in [5.74, 6) is 4.68. The lowest BCUT2D eigenvalue weighted by atomic mass is 9.49. The van der Waals surface area contributed by atoms with Crippen LogP contribution in [0.3, 0.4) is 0 Å². The maximum Gasteiger partial charge on any atom is 0.165 e. The molecule has 0 N–H and O–H groups in total. The first-order chi connectivity index (χ1) is 35.6. The first-order valence-electron chi connectivity index (χ1n) is 25.8. The van der Waals surface area contributed by atoms with Crippen LogP contribution in [0.4, 0.5) is 0 Å². The predicted octanol–water partition coefficient (Wildman–Crippen LogP) is 16.9. The van der Waals surface area contributed by atoms with E-state index in [4.69, 9.17) is 15.0 Å². The first-order valence-corrected chi connectivity index (χ1v) is 25.8. The summed E-state index contributed by atoms with van der Waals surface area (Å²) in [4.78, 5) is 16.9. The van der Waals surface area contributed by atoms with Crippen LogP contribution in [0.2, 0.25) is 0 Å². The van der Waals surface area contributed by atoms with Crippen molar-refractivity contribution in [2.24, 2.45) is 17.8 Å². The fraction of sp³-hybridized carbons (Fsp3) is 0.149. The molecule has 4 fully saturated rings. The fourth-order valence-corrected chi connectivity index (χ4v) is 13.9. The van der Waals surface area contributed by atoms with E-state index in [1.54, 1.807) is 0 Å². The smallest absolute Gasteiger partial charge is 0.165 e. The van der Waals surface area contributed by atoms with E-state index in [2.05, 4.69) is 228 Å². The van der Waals surface area contributed by atoms with Crippen molar-refractivity contribution >= 4 is 43.6 Å². The third kappa shape index (κ3) is 6.64. The van der Waals surface area contributed by atoms with Gasteiger partial charge in [0, 0.05) is 43.7 Å². The monoisotopic (exact) mass is 925 g/mol. The number of hydrogen-bond donors (Lipinski definition) is 0. The highest BCUT2D eigenvalue weighted by Crippen LogP contribution is 2.60. The zero-order valence-corrected chi connectivity index (χ0v) is 40.0. The molecule has 5 nitrogen and oxygen atoms in total. The molecule has 4 aliphatic carbocycles. The van der Waals surface area contributed by atoms with Crippen molar-refractivity contribution in [2.45, 2.75) is 43.9 Å². The van der Waals surface area contributed by atoms with Crippen LogP contribution in [0, 0.1) is 17.8 Å². The molecule has 3 aromatic heterocycles. The average Bonchev–Trinajstić information content (AvgIpc) is 3.95. The molecule has 12 aromatic rings. The van der Waals surface area contributed by atoms with Gasteiger partial charge >= 0.3 is 0 Å². The second kappa shape index (κ2) is 16.3. The zero-order chi connectivity index (χ0) is 47.3. The molecule has 4 aliphatic rings. The van der Waals surface area contributed by atoms with Crippen LogP contribution >= 0.6 is 0 Å². The number of nitrogens with zero attached hydrogens (tertiary/aromatic N) is 5. The van der Waals surface area contributed by atoms with Crippen molar-refractivity contribution in [3.05, 3.63) is 224 Å². The molecule has 16 rings (SSSR count). The van der Waals surface area contributed by atoms with E-state index in [1.165, 1.54) is 74.1 Å². The molecule has 4 saturated carbocycles. The molecule has 4 bridgehead atoms. The van der Waals surface area contributed by atoms with Crippen molar-refractivity contribution in [3.8, 4) is 67.5 Å². The molecule has 0 aliphatic heterocycles. The number of hydrogen-bond acceptors (Lipinski definition) is 3. The summed E-state index contributed by atoms with van der Waals surface area (Å²) in [6, 6.07) is 79.5. The highest BCUT2D eigenvalue weighted by molar-refractivity contribution is 6.13. The van der Waals surface area contributed by atoms with Gasteiger partial charge in [-0.05, 0) is 139 Å². The van der Waals surface area contributed by atoms with E-state index >= 15 is 0 Å². The van der Waals surface area contributed by atoms with Gasteiger partial charge in [0.25, 0.3) is 0 Å².